The van der Waals surface area contributed by atoms with Crippen LogP contribution in [-0.4, -0.2) is 0 Å². The Morgan fingerprint density at radius 2 is 1.78 bits per heavy atom. The van der Waals surface area contributed by atoms with Gasteiger partial charge in [-0.2, -0.15) is 0 Å². The molecule has 0 heterocycles. The highest BCUT2D eigenvalue weighted by atomic mass is 35.5. The molecular formula is C7H12Cl2. The smallest absolute Gasteiger partial charge is 0.0710 e. The van der Waals surface area contributed by atoms with E-state index in [1.54, 1.807) is 0 Å². The van der Waals surface area contributed by atoms with Crippen molar-refractivity contribution >= 4 is 23.2 Å². The van der Waals surface area contributed by atoms with Crippen molar-refractivity contribution in [2.45, 2.75) is 27.2 Å². The molecule has 0 saturated carbocycles. The van der Waals surface area contributed by atoms with Crippen molar-refractivity contribution < 1.29 is 0 Å². The summed E-state index contributed by atoms with van der Waals surface area (Å²) in [6.07, 6.45) is 0.988. The maximum Gasteiger partial charge on any atom is 0.105 e. The van der Waals surface area contributed by atoms with Gasteiger partial charge in [0.1, 0.15) is 4.49 Å². The summed E-state index contributed by atoms with van der Waals surface area (Å²) in [5.74, 6) is 0.637. The van der Waals surface area contributed by atoms with Gasteiger partial charge >= 0.3 is 0 Å². The number of hydrogen-bond donors (Lipinski definition) is 0. The van der Waals surface area contributed by atoms with Gasteiger partial charge < -0.3 is 0 Å². The molecule has 0 aliphatic carbocycles. The summed E-state index contributed by atoms with van der Waals surface area (Å²) in [5.41, 5.74) is 1.08. The fraction of sp³-hybridized carbons (Fsp3) is 0.714. The Morgan fingerprint density at radius 3 is 1.89 bits per heavy atom. The van der Waals surface area contributed by atoms with Crippen molar-refractivity contribution in [2.75, 3.05) is 0 Å². The van der Waals surface area contributed by atoms with Gasteiger partial charge in [0.25, 0.3) is 0 Å². The third-order valence-corrected chi connectivity index (χ3v) is 1.68. The minimum Gasteiger partial charge on any atom is -0.0710 e. The van der Waals surface area contributed by atoms with E-state index < -0.39 is 0 Å². The zero-order chi connectivity index (χ0) is 7.44. The second kappa shape index (κ2) is 4.19. The summed E-state index contributed by atoms with van der Waals surface area (Å²) in [4.78, 5) is 0. The summed E-state index contributed by atoms with van der Waals surface area (Å²) in [6, 6.07) is 0. The van der Waals surface area contributed by atoms with Crippen molar-refractivity contribution in [3.8, 4) is 0 Å². The van der Waals surface area contributed by atoms with Gasteiger partial charge in [-0.05, 0) is 24.8 Å². The van der Waals surface area contributed by atoms with E-state index in [0.717, 1.165) is 12.0 Å². The number of halogens is 2. The average Bonchev–Trinajstić information content (AvgIpc) is 1.63. The fourth-order valence-electron chi connectivity index (χ4n) is 0.690. The third kappa shape index (κ3) is 4.80. The molecule has 54 valence electrons. The molecule has 0 aromatic carbocycles. The van der Waals surface area contributed by atoms with E-state index >= 15 is 0 Å². The summed E-state index contributed by atoms with van der Waals surface area (Å²) < 4.78 is 0.420. The first-order valence-electron chi connectivity index (χ1n) is 3.04. The monoisotopic (exact) mass is 166 g/mol. The van der Waals surface area contributed by atoms with E-state index in [1.165, 1.54) is 0 Å². The minimum atomic E-state index is 0.420. The molecule has 0 aliphatic rings. The molecular weight excluding hydrogens is 155 g/mol. The fourth-order valence-corrected chi connectivity index (χ4v) is 0.844. The molecule has 0 rings (SSSR count). The van der Waals surface area contributed by atoms with Crippen LogP contribution in [0.15, 0.2) is 10.1 Å². The van der Waals surface area contributed by atoms with E-state index in [-0.39, 0.29) is 0 Å². The predicted octanol–water partition coefficient (Wildman–Crippen LogP) is 3.74. The van der Waals surface area contributed by atoms with Gasteiger partial charge in [-0.3, -0.25) is 0 Å². The molecule has 0 unspecified atom stereocenters. The Kier molecular flexibility index (Phi) is 4.33. The molecule has 0 fully saturated rings. The van der Waals surface area contributed by atoms with Crippen molar-refractivity contribution in [3.63, 3.8) is 0 Å². The van der Waals surface area contributed by atoms with Gasteiger partial charge in [-0.25, -0.2) is 0 Å². The number of hydrogen-bond acceptors (Lipinski definition) is 0. The van der Waals surface area contributed by atoms with Crippen LogP contribution in [0, 0.1) is 5.92 Å². The lowest BCUT2D eigenvalue weighted by atomic mass is 10.1. The SMILES string of the molecule is CC(CC(C)C)=C(Cl)Cl. The Balaban J connectivity index is 3.77. The topological polar surface area (TPSA) is 0 Å². The van der Waals surface area contributed by atoms with Crippen LogP contribution >= 0.6 is 23.2 Å². The molecule has 0 radical (unpaired) electrons. The van der Waals surface area contributed by atoms with Crippen molar-refractivity contribution in [1.82, 2.24) is 0 Å². The van der Waals surface area contributed by atoms with Gasteiger partial charge in [0.15, 0.2) is 0 Å². The van der Waals surface area contributed by atoms with E-state index in [2.05, 4.69) is 13.8 Å². The second-order valence-electron chi connectivity index (χ2n) is 2.64. The number of rotatable bonds is 2. The molecule has 0 atom stereocenters. The Morgan fingerprint density at radius 1 is 1.33 bits per heavy atom. The predicted molar refractivity (Wildman–Crippen MR) is 43.9 cm³/mol. The minimum absolute atomic E-state index is 0.420. The van der Waals surface area contributed by atoms with Crippen LogP contribution in [-0.2, 0) is 0 Å². The van der Waals surface area contributed by atoms with Crippen LogP contribution in [0.3, 0.4) is 0 Å². The molecule has 0 saturated heterocycles. The summed E-state index contributed by atoms with van der Waals surface area (Å²) in [6.45, 7) is 6.23. The molecule has 0 nitrogen and oxygen atoms in total. The lowest BCUT2D eigenvalue weighted by molar-refractivity contribution is 0.642. The summed E-state index contributed by atoms with van der Waals surface area (Å²) in [7, 11) is 0. The highest BCUT2D eigenvalue weighted by Crippen LogP contribution is 2.19. The lowest BCUT2D eigenvalue weighted by Gasteiger charge is -2.03. The first kappa shape index (κ1) is 9.32. The van der Waals surface area contributed by atoms with Crippen LogP contribution in [0.4, 0.5) is 0 Å². The normalized spacial score (nSPS) is 10.0. The van der Waals surface area contributed by atoms with Crippen LogP contribution in [0.1, 0.15) is 27.2 Å². The summed E-state index contributed by atoms with van der Waals surface area (Å²) in [5, 5.41) is 0. The Bertz CT molecular complexity index is 110. The maximum atomic E-state index is 5.52. The largest absolute Gasteiger partial charge is 0.105 e. The van der Waals surface area contributed by atoms with Gasteiger partial charge in [0.2, 0.25) is 0 Å². The molecule has 2 heteroatoms. The van der Waals surface area contributed by atoms with Gasteiger partial charge in [-0.15, -0.1) is 0 Å². The standard InChI is InChI=1S/C7H12Cl2/c1-5(2)4-6(3)7(8)9/h5H,4H2,1-3H3. The van der Waals surface area contributed by atoms with Crippen LogP contribution in [0.2, 0.25) is 0 Å². The Hall–Kier alpha value is 0.320. The third-order valence-electron chi connectivity index (χ3n) is 1.04. The van der Waals surface area contributed by atoms with Gasteiger partial charge in [0.05, 0.1) is 0 Å². The van der Waals surface area contributed by atoms with Gasteiger partial charge in [-0.1, -0.05) is 37.0 Å². The molecule has 0 aliphatic heterocycles. The molecule has 0 aromatic heterocycles. The first-order chi connectivity index (χ1) is 4.04. The Labute approximate surface area is 66.8 Å². The number of allylic oxidation sites excluding steroid dienone is 1. The highest BCUT2D eigenvalue weighted by molar-refractivity contribution is 6.56. The zero-order valence-electron chi connectivity index (χ0n) is 6.04. The highest BCUT2D eigenvalue weighted by Gasteiger charge is 1.98. The average molecular weight is 167 g/mol. The first-order valence-corrected chi connectivity index (χ1v) is 3.80. The van der Waals surface area contributed by atoms with Crippen molar-refractivity contribution in [3.05, 3.63) is 10.1 Å². The maximum absolute atomic E-state index is 5.52. The van der Waals surface area contributed by atoms with E-state index in [1.807, 2.05) is 6.92 Å². The van der Waals surface area contributed by atoms with Crippen molar-refractivity contribution in [1.29, 1.82) is 0 Å². The zero-order valence-corrected chi connectivity index (χ0v) is 7.55. The quantitative estimate of drug-likeness (QED) is 0.587. The molecule has 9 heavy (non-hydrogen) atoms. The molecule has 0 spiro atoms. The lowest BCUT2D eigenvalue weighted by Crippen LogP contribution is -1.87. The van der Waals surface area contributed by atoms with Crippen LogP contribution in [0.25, 0.3) is 0 Å². The molecule has 0 amide bonds. The second-order valence-corrected chi connectivity index (χ2v) is 3.59. The molecule has 0 aromatic rings. The van der Waals surface area contributed by atoms with E-state index in [0.29, 0.717) is 10.4 Å². The van der Waals surface area contributed by atoms with Crippen molar-refractivity contribution in [2.24, 2.45) is 5.92 Å². The van der Waals surface area contributed by atoms with E-state index in [9.17, 15) is 0 Å². The summed E-state index contributed by atoms with van der Waals surface area (Å²) >= 11 is 11.0. The van der Waals surface area contributed by atoms with Crippen LogP contribution in [0.5, 0.6) is 0 Å². The van der Waals surface area contributed by atoms with Gasteiger partial charge in [0, 0.05) is 0 Å². The molecule has 0 N–H and O–H groups in total. The van der Waals surface area contributed by atoms with Crippen LogP contribution < -0.4 is 0 Å². The van der Waals surface area contributed by atoms with E-state index in [4.69, 9.17) is 23.2 Å². The molecule has 0 bridgehead atoms.